The van der Waals surface area contributed by atoms with Gasteiger partial charge in [0, 0.05) is 5.41 Å². The van der Waals surface area contributed by atoms with Crippen LogP contribution in [0.1, 0.15) is 113 Å². The van der Waals surface area contributed by atoms with E-state index in [0.29, 0.717) is 28.1 Å². The maximum Gasteiger partial charge on any atom is 0.126 e. The summed E-state index contributed by atoms with van der Waals surface area (Å²) in [6.45, 7) is 18.1. The van der Waals surface area contributed by atoms with Crippen LogP contribution in [0.25, 0.3) is 0 Å². The van der Waals surface area contributed by atoms with Crippen molar-refractivity contribution in [1.82, 2.24) is 0 Å². The van der Waals surface area contributed by atoms with Crippen LogP contribution < -0.4 is 0 Å². The molecule has 174 valence electrons. The molecule has 0 heterocycles. The lowest BCUT2D eigenvalue weighted by Crippen LogP contribution is -2.63. The van der Waals surface area contributed by atoms with Crippen LogP contribution in [0.5, 0.6) is 0 Å². The van der Waals surface area contributed by atoms with Crippen LogP contribution in [0.15, 0.2) is 11.6 Å². The second kappa shape index (κ2) is 6.73. The fraction of sp³-hybridized carbons (Fsp3) is 0.900. The summed E-state index contributed by atoms with van der Waals surface area (Å²) in [5.74, 6) is 3.52. The van der Waals surface area contributed by atoms with Crippen LogP contribution in [-0.2, 0) is 4.79 Å². The first kappa shape index (κ1) is 22.2. The van der Waals surface area contributed by atoms with Crippen molar-refractivity contribution in [2.24, 2.45) is 56.7 Å². The third-order valence-corrected chi connectivity index (χ3v) is 13.0. The smallest absolute Gasteiger partial charge is 0.126 e. The summed E-state index contributed by atoms with van der Waals surface area (Å²) < 4.78 is 0. The lowest BCUT2D eigenvalue weighted by molar-refractivity contribution is -0.181. The van der Waals surface area contributed by atoms with Crippen molar-refractivity contribution in [3.63, 3.8) is 0 Å². The Kier molecular flexibility index (Phi) is 4.82. The van der Waals surface area contributed by atoms with Gasteiger partial charge in [0.2, 0.25) is 0 Å². The van der Waals surface area contributed by atoms with Crippen molar-refractivity contribution in [1.29, 1.82) is 0 Å². The molecule has 5 aliphatic carbocycles. The Morgan fingerprint density at radius 1 is 0.871 bits per heavy atom. The quantitative estimate of drug-likeness (QED) is 0.306. The second-order valence-electron chi connectivity index (χ2n) is 14.3. The minimum absolute atomic E-state index is 0.0750. The molecule has 0 spiro atoms. The van der Waals surface area contributed by atoms with Crippen molar-refractivity contribution in [3.05, 3.63) is 11.6 Å². The summed E-state index contributed by atoms with van der Waals surface area (Å²) in [6, 6.07) is 0. The molecule has 9 unspecified atom stereocenters. The molecule has 4 fully saturated rings. The van der Waals surface area contributed by atoms with Crippen LogP contribution in [0.2, 0.25) is 0 Å². The van der Waals surface area contributed by atoms with E-state index in [0.717, 1.165) is 30.6 Å². The molecule has 5 rings (SSSR count). The molecule has 0 bridgehead atoms. The average molecular weight is 425 g/mol. The summed E-state index contributed by atoms with van der Waals surface area (Å²) in [7, 11) is 0. The Bertz CT molecular complexity index is 792. The van der Waals surface area contributed by atoms with Crippen LogP contribution in [-0.4, -0.2) is 6.29 Å². The van der Waals surface area contributed by atoms with Gasteiger partial charge in [-0.2, -0.15) is 0 Å². The lowest BCUT2D eigenvalue weighted by Gasteiger charge is -2.71. The molecule has 1 heteroatoms. The monoisotopic (exact) mass is 424 g/mol. The largest absolute Gasteiger partial charge is 0.303 e. The summed E-state index contributed by atoms with van der Waals surface area (Å²) in [6.07, 6.45) is 17.1. The SMILES string of the molecule is CC1CCC2(C=O)CCC3(C)C(=CCC4C5(C)CCCC(C)(C)C5CCC43C)C2C1C. The van der Waals surface area contributed by atoms with Crippen LogP contribution in [0.4, 0.5) is 0 Å². The molecule has 0 aromatic rings. The van der Waals surface area contributed by atoms with E-state index < -0.39 is 0 Å². The molecule has 9 atom stereocenters. The summed E-state index contributed by atoms with van der Waals surface area (Å²) in [4.78, 5) is 12.6. The summed E-state index contributed by atoms with van der Waals surface area (Å²) in [5, 5.41) is 0. The molecule has 0 aromatic heterocycles. The normalized spacial score (nSPS) is 55.7. The number of hydrogen-bond acceptors (Lipinski definition) is 1. The summed E-state index contributed by atoms with van der Waals surface area (Å²) >= 11 is 0. The third kappa shape index (κ3) is 2.64. The molecular weight excluding hydrogens is 376 g/mol. The fourth-order valence-corrected chi connectivity index (χ4v) is 10.9. The van der Waals surface area contributed by atoms with Crippen LogP contribution >= 0.6 is 0 Å². The van der Waals surface area contributed by atoms with Gasteiger partial charge in [-0.05, 0) is 109 Å². The number of allylic oxidation sites excluding steroid dienone is 2. The highest BCUT2D eigenvalue weighted by atomic mass is 16.1. The van der Waals surface area contributed by atoms with Crippen molar-refractivity contribution < 1.29 is 4.79 Å². The van der Waals surface area contributed by atoms with Gasteiger partial charge in [-0.15, -0.1) is 0 Å². The number of rotatable bonds is 1. The van der Waals surface area contributed by atoms with E-state index in [1.54, 1.807) is 5.57 Å². The molecule has 4 saturated carbocycles. The predicted octanol–water partition coefficient (Wildman–Crippen LogP) is 8.23. The predicted molar refractivity (Wildman–Crippen MR) is 130 cm³/mol. The third-order valence-electron chi connectivity index (χ3n) is 13.0. The highest BCUT2D eigenvalue weighted by molar-refractivity contribution is 5.63. The minimum Gasteiger partial charge on any atom is -0.303 e. The minimum atomic E-state index is -0.0750. The average Bonchev–Trinajstić information content (AvgIpc) is 2.70. The van der Waals surface area contributed by atoms with Crippen molar-refractivity contribution >= 4 is 6.29 Å². The fourth-order valence-electron chi connectivity index (χ4n) is 10.9. The van der Waals surface area contributed by atoms with E-state index in [-0.39, 0.29) is 10.8 Å². The lowest BCUT2D eigenvalue weighted by atomic mass is 9.33. The Morgan fingerprint density at radius 2 is 1.61 bits per heavy atom. The Labute approximate surface area is 192 Å². The zero-order valence-corrected chi connectivity index (χ0v) is 21.5. The van der Waals surface area contributed by atoms with Gasteiger partial charge < -0.3 is 4.79 Å². The maximum absolute atomic E-state index is 12.6. The van der Waals surface area contributed by atoms with Crippen LogP contribution in [0.3, 0.4) is 0 Å². The molecule has 0 aliphatic heterocycles. The van der Waals surface area contributed by atoms with Crippen molar-refractivity contribution in [3.8, 4) is 0 Å². The molecule has 0 saturated heterocycles. The van der Waals surface area contributed by atoms with Gasteiger partial charge in [0.1, 0.15) is 6.29 Å². The molecule has 5 aliphatic rings. The molecule has 31 heavy (non-hydrogen) atoms. The number of carbonyl (C=O) groups excluding carboxylic acids is 1. The first-order valence-corrected chi connectivity index (χ1v) is 13.6. The number of fused-ring (bicyclic) bond motifs is 7. The molecule has 0 N–H and O–H groups in total. The summed E-state index contributed by atoms with van der Waals surface area (Å²) in [5.41, 5.74) is 3.27. The molecule has 0 amide bonds. The van der Waals surface area contributed by atoms with E-state index in [9.17, 15) is 4.79 Å². The maximum atomic E-state index is 12.6. The Morgan fingerprint density at radius 3 is 2.32 bits per heavy atom. The standard InChI is InChI=1S/C30H48O/c1-20-11-16-30(19-31)18-17-28(6)22(25(30)21(20)2)9-10-24-27(5)14-8-13-26(3,4)23(27)12-15-29(24,28)7/h9,19-21,23-25H,8,10-18H2,1-7H3. The zero-order chi connectivity index (χ0) is 22.4. The number of aldehydes is 1. The Balaban J connectivity index is 1.61. The highest BCUT2D eigenvalue weighted by Gasteiger charge is 2.67. The number of hydrogen-bond donors (Lipinski definition) is 0. The number of carbonyl (C=O) groups is 1. The van der Waals surface area contributed by atoms with Gasteiger partial charge in [-0.25, -0.2) is 0 Å². The molecule has 0 radical (unpaired) electrons. The van der Waals surface area contributed by atoms with Crippen LogP contribution in [0, 0.1) is 56.7 Å². The highest BCUT2D eigenvalue weighted by Crippen LogP contribution is 2.75. The Hall–Kier alpha value is -0.590. The second-order valence-corrected chi connectivity index (χ2v) is 14.3. The van der Waals surface area contributed by atoms with Crippen molar-refractivity contribution in [2.45, 2.75) is 113 Å². The van der Waals surface area contributed by atoms with Gasteiger partial charge in [-0.3, -0.25) is 0 Å². The first-order chi connectivity index (χ1) is 14.5. The van der Waals surface area contributed by atoms with Gasteiger partial charge >= 0.3 is 0 Å². The topological polar surface area (TPSA) is 17.1 Å². The van der Waals surface area contributed by atoms with Gasteiger partial charge in [0.25, 0.3) is 0 Å². The molecular formula is C30H48O. The van der Waals surface area contributed by atoms with Crippen molar-refractivity contribution in [2.75, 3.05) is 0 Å². The van der Waals surface area contributed by atoms with E-state index in [1.807, 2.05) is 0 Å². The van der Waals surface area contributed by atoms with Gasteiger partial charge in [-0.1, -0.05) is 66.5 Å². The van der Waals surface area contributed by atoms with E-state index in [4.69, 9.17) is 0 Å². The van der Waals surface area contributed by atoms with E-state index in [1.165, 1.54) is 57.7 Å². The zero-order valence-electron chi connectivity index (χ0n) is 21.5. The van der Waals surface area contributed by atoms with Gasteiger partial charge in [0.05, 0.1) is 0 Å². The van der Waals surface area contributed by atoms with Gasteiger partial charge in [0.15, 0.2) is 0 Å². The van der Waals surface area contributed by atoms with E-state index >= 15 is 0 Å². The first-order valence-electron chi connectivity index (χ1n) is 13.6. The molecule has 0 aromatic carbocycles. The molecule has 1 nitrogen and oxygen atoms in total. The van der Waals surface area contributed by atoms with E-state index in [2.05, 4.69) is 54.5 Å².